The molecule has 0 bridgehead atoms. The maximum Gasteiger partial charge on any atom is 0.187 e. The van der Waals surface area contributed by atoms with E-state index < -0.39 is 0 Å². The fourth-order valence-electron chi connectivity index (χ4n) is 1.90. The zero-order valence-corrected chi connectivity index (χ0v) is 10.8. The van der Waals surface area contributed by atoms with Gasteiger partial charge in [-0.25, -0.2) is 4.39 Å². The smallest absolute Gasteiger partial charge is 0.187 e. The van der Waals surface area contributed by atoms with Crippen molar-refractivity contribution in [2.75, 3.05) is 5.73 Å². The van der Waals surface area contributed by atoms with Crippen molar-refractivity contribution >= 4 is 5.69 Å². The molecule has 0 aliphatic heterocycles. The molecule has 1 aromatic heterocycles. The molecule has 1 heterocycles. The van der Waals surface area contributed by atoms with Crippen LogP contribution in [0.15, 0.2) is 42.5 Å². The molecule has 6 heteroatoms. The summed E-state index contributed by atoms with van der Waals surface area (Å²) in [5.41, 5.74) is 9.07. The van der Waals surface area contributed by atoms with E-state index in [4.69, 9.17) is 5.73 Å². The van der Waals surface area contributed by atoms with Crippen LogP contribution in [0.2, 0.25) is 0 Å². The number of rotatable bonds is 2. The Morgan fingerprint density at radius 3 is 2.55 bits per heavy atom. The molecular weight excluding hydrogens is 257 g/mol. The first-order valence-electron chi connectivity index (χ1n) is 6.06. The second-order valence-corrected chi connectivity index (χ2v) is 4.46. The van der Waals surface area contributed by atoms with Gasteiger partial charge in [-0.3, -0.25) is 0 Å². The Bertz CT molecular complexity index is 749. The molecule has 0 amide bonds. The summed E-state index contributed by atoms with van der Waals surface area (Å²) in [7, 11) is 0. The number of hydrogen-bond donors (Lipinski definition) is 1. The molecule has 0 radical (unpaired) electrons. The van der Waals surface area contributed by atoms with Crippen molar-refractivity contribution in [1.82, 2.24) is 20.2 Å². The highest BCUT2D eigenvalue weighted by Crippen LogP contribution is 2.23. The third kappa shape index (κ3) is 2.11. The van der Waals surface area contributed by atoms with E-state index in [1.54, 1.807) is 16.8 Å². The quantitative estimate of drug-likeness (QED) is 0.725. The van der Waals surface area contributed by atoms with Gasteiger partial charge >= 0.3 is 0 Å². The van der Waals surface area contributed by atoms with E-state index >= 15 is 0 Å². The summed E-state index contributed by atoms with van der Waals surface area (Å²) in [6, 6.07) is 11.6. The van der Waals surface area contributed by atoms with E-state index in [1.165, 1.54) is 12.1 Å². The molecule has 0 saturated carbocycles. The summed E-state index contributed by atoms with van der Waals surface area (Å²) in [6.07, 6.45) is 0. The van der Waals surface area contributed by atoms with Gasteiger partial charge in [0.25, 0.3) is 0 Å². The van der Waals surface area contributed by atoms with Crippen molar-refractivity contribution in [2.24, 2.45) is 0 Å². The molecule has 0 unspecified atom stereocenters. The van der Waals surface area contributed by atoms with Crippen molar-refractivity contribution in [1.29, 1.82) is 0 Å². The van der Waals surface area contributed by atoms with Crippen LogP contribution in [0.3, 0.4) is 0 Å². The highest BCUT2D eigenvalue weighted by Gasteiger charge is 2.11. The molecule has 3 rings (SSSR count). The molecule has 0 spiro atoms. The van der Waals surface area contributed by atoms with E-state index in [0.29, 0.717) is 17.2 Å². The molecule has 0 saturated heterocycles. The van der Waals surface area contributed by atoms with E-state index in [0.717, 1.165) is 11.1 Å². The predicted molar refractivity (Wildman–Crippen MR) is 73.7 cm³/mol. The van der Waals surface area contributed by atoms with Crippen LogP contribution >= 0.6 is 0 Å². The van der Waals surface area contributed by atoms with E-state index in [-0.39, 0.29) is 5.82 Å². The van der Waals surface area contributed by atoms with E-state index in [9.17, 15) is 4.39 Å². The summed E-state index contributed by atoms with van der Waals surface area (Å²) in [6.45, 7) is 1.93. The Kier molecular flexibility index (Phi) is 2.90. The predicted octanol–water partition coefficient (Wildman–Crippen LogP) is 2.36. The van der Waals surface area contributed by atoms with Crippen LogP contribution in [-0.2, 0) is 0 Å². The van der Waals surface area contributed by atoms with E-state index in [2.05, 4.69) is 15.5 Å². The number of benzene rings is 2. The van der Waals surface area contributed by atoms with Gasteiger partial charge in [-0.05, 0) is 53.2 Å². The molecule has 100 valence electrons. The summed E-state index contributed by atoms with van der Waals surface area (Å²) >= 11 is 0. The van der Waals surface area contributed by atoms with Gasteiger partial charge in [0.1, 0.15) is 5.82 Å². The molecule has 2 N–H and O–H groups in total. The number of nitrogen functional groups attached to an aromatic ring is 1. The van der Waals surface area contributed by atoms with Crippen LogP contribution in [0.5, 0.6) is 0 Å². The second kappa shape index (κ2) is 4.73. The van der Waals surface area contributed by atoms with Gasteiger partial charge in [0.15, 0.2) is 5.82 Å². The third-order valence-electron chi connectivity index (χ3n) is 3.08. The number of nitrogens with zero attached hydrogens (tertiary/aromatic N) is 4. The first-order chi connectivity index (χ1) is 9.65. The largest absolute Gasteiger partial charge is 0.398 e. The Balaban J connectivity index is 2.10. The lowest BCUT2D eigenvalue weighted by molar-refractivity contribution is 0.627. The molecule has 20 heavy (non-hydrogen) atoms. The summed E-state index contributed by atoms with van der Waals surface area (Å²) in [5.74, 6) is 0.256. The molecular formula is C14H12FN5. The average Bonchev–Trinajstić information content (AvgIpc) is 2.92. The van der Waals surface area contributed by atoms with Crippen molar-refractivity contribution in [3.05, 3.63) is 53.8 Å². The normalized spacial score (nSPS) is 10.7. The molecule has 3 aromatic rings. The van der Waals surface area contributed by atoms with Crippen LogP contribution in [0.1, 0.15) is 5.56 Å². The first-order valence-corrected chi connectivity index (χ1v) is 6.06. The Labute approximate surface area is 114 Å². The molecule has 0 fully saturated rings. The fraction of sp³-hybridized carbons (Fsp3) is 0.0714. The van der Waals surface area contributed by atoms with Crippen molar-refractivity contribution in [3.63, 3.8) is 0 Å². The number of tetrazole rings is 1. The zero-order valence-electron chi connectivity index (χ0n) is 10.8. The second-order valence-electron chi connectivity index (χ2n) is 4.46. The van der Waals surface area contributed by atoms with Crippen molar-refractivity contribution in [2.45, 2.75) is 6.92 Å². The van der Waals surface area contributed by atoms with Crippen LogP contribution in [0, 0.1) is 12.7 Å². The lowest BCUT2D eigenvalue weighted by Gasteiger charge is -2.06. The number of aryl methyl sites for hydroxylation is 1. The Morgan fingerprint density at radius 1 is 1.10 bits per heavy atom. The molecule has 2 aromatic carbocycles. The third-order valence-corrected chi connectivity index (χ3v) is 3.08. The van der Waals surface area contributed by atoms with Crippen LogP contribution < -0.4 is 5.73 Å². The van der Waals surface area contributed by atoms with Crippen LogP contribution in [-0.4, -0.2) is 20.2 Å². The molecule has 0 atom stereocenters. The Hall–Kier alpha value is -2.76. The van der Waals surface area contributed by atoms with Gasteiger partial charge in [-0.2, -0.15) is 4.68 Å². The zero-order chi connectivity index (χ0) is 14.1. The van der Waals surface area contributed by atoms with Crippen LogP contribution in [0.4, 0.5) is 10.1 Å². The van der Waals surface area contributed by atoms with Crippen LogP contribution in [0.25, 0.3) is 17.1 Å². The SMILES string of the molecule is Cc1ccc(-c2nnnn2-c2ccc(F)cc2)cc1N. The summed E-state index contributed by atoms with van der Waals surface area (Å²) in [5, 5.41) is 11.6. The number of halogens is 1. The minimum Gasteiger partial charge on any atom is -0.398 e. The van der Waals surface area contributed by atoms with Crippen molar-refractivity contribution in [3.8, 4) is 17.1 Å². The fourth-order valence-corrected chi connectivity index (χ4v) is 1.90. The number of aromatic nitrogens is 4. The van der Waals surface area contributed by atoms with Crippen molar-refractivity contribution < 1.29 is 4.39 Å². The number of anilines is 1. The van der Waals surface area contributed by atoms with E-state index in [1.807, 2.05) is 25.1 Å². The highest BCUT2D eigenvalue weighted by atomic mass is 19.1. The maximum atomic E-state index is 13.0. The highest BCUT2D eigenvalue weighted by molar-refractivity contribution is 5.64. The number of nitrogens with two attached hydrogens (primary N) is 1. The Morgan fingerprint density at radius 2 is 1.85 bits per heavy atom. The number of hydrogen-bond acceptors (Lipinski definition) is 4. The summed E-state index contributed by atoms with van der Waals surface area (Å²) in [4.78, 5) is 0. The van der Waals surface area contributed by atoms with Gasteiger partial charge in [0.05, 0.1) is 5.69 Å². The van der Waals surface area contributed by atoms with Gasteiger partial charge in [0, 0.05) is 11.3 Å². The summed E-state index contributed by atoms with van der Waals surface area (Å²) < 4.78 is 14.5. The van der Waals surface area contributed by atoms with Gasteiger partial charge < -0.3 is 5.73 Å². The maximum absolute atomic E-state index is 13.0. The molecule has 0 aliphatic rings. The lowest BCUT2D eigenvalue weighted by atomic mass is 10.1. The molecule has 0 aliphatic carbocycles. The average molecular weight is 269 g/mol. The lowest BCUT2D eigenvalue weighted by Crippen LogP contribution is -2.00. The van der Waals surface area contributed by atoms with Gasteiger partial charge in [-0.15, -0.1) is 5.10 Å². The monoisotopic (exact) mass is 269 g/mol. The minimum absolute atomic E-state index is 0.303. The molecule has 5 nitrogen and oxygen atoms in total. The standard InChI is InChI=1S/C14H12FN5/c1-9-2-3-10(8-13(9)16)14-17-18-19-20(14)12-6-4-11(15)5-7-12/h2-8H,16H2,1H3. The van der Waals surface area contributed by atoms with Gasteiger partial charge in [-0.1, -0.05) is 12.1 Å². The first kappa shape index (κ1) is 12.3. The van der Waals surface area contributed by atoms with Gasteiger partial charge in [0.2, 0.25) is 0 Å². The topological polar surface area (TPSA) is 69.6 Å². The minimum atomic E-state index is -0.303.